The van der Waals surface area contributed by atoms with Gasteiger partial charge in [-0.2, -0.15) is 0 Å². The predicted octanol–water partition coefficient (Wildman–Crippen LogP) is 5.31. The Balaban J connectivity index is 1.85. The minimum absolute atomic E-state index is 0.275. The molecule has 0 fully saturated rings. The van der Waals surface area contributed by atoms with Crippen molar-refractivity contribution in [1.29, 1.82) is 0 Å². The van der Waals surface area contributed by atoms with E-state index in [4.69, 9.17) is 18.3 Å². The maximum Gasteiger partial charge on any atom is 0.344 e. The minimum atomic E-state index is -0.563. The lowest BCUT2D eigenvalue weighted by Gasteiger charge is -2.09. The lowest BCUT2D eigenvalue weighted by molar-refractivity contribution is 0.337. The molecule has 6 heteroatoms. The number of allylic oxidation sites excluding steroid dienone is 1. The second kappa shape index (κ2) is 8.52. The van der Waals surface area contributed by atoms with E-state index in [2.05, 4.69) is 0 Å². The monoisotopic (exact) mass is 418 g/mol. The maximum absolute atomic E-state index is 12.8. The van der Waals surface area contributed by atoms with Gasteiger partial charge < -0.3 is 18.3 Å². The van der Waals surface area contributed by atoms with E-state index >= 15 is 0 Å². The van der Waals surface area contributed by atoms with Gasteiger partial charge >= 0.3 is 11.3 Å². The van der Waals surface area contributed by atoms with Crippen LogP contribution in [0.3, 0.4) is 0 Å². The Labute approximate surface area is 178 Å². The lowest BCUT2D eigenvalue weighted by atomic mass is 10.0. The first-order chi connectivity index (χ1) is 15.0. The van der Waals surface area contributed by atoms with Gasteiger partial charge in [-0.1, -0.05) is 17.7 Å². The minimum Gasteiger partial charge on any atom is -0.490 e. The molecule has 0 bridgehead atoms. The maximum atomic E-state index is 12.8. The second-order valence-electron chi connectivity index (χ2n) is 7.28. The standard InChI is InChI=1S/C25H22O6/c1-4-28-21-7-5-6-16-12-20(25(27)31-24(16)21)19-14-23(26)30-22-13-17(8-9-18(19)22)29-11-10-15(2)3/h5-10,12-14H,4,11H2,1-3H3. The summed E-state index contributed by atoms with van der Waals surface area (Å²) in [6, 6.07) is 13.6. The van der Waals surface area contributed by atoms with Crippen molar-refractivity contribution in [2.45, 2.75) is 20.8 Å². The van der Waals surface area contributed by atoms with Crippen LogP contribution in [0.5, 0.6) is 11.5 Å². The SMILES string of the molecule is CCOc1cccc2cc(-c3cc(=O)oc4cc(OCC=C(C)C)ccc34)c(=O)oc12. The van der Waals surface area contributed by atoms with Crippen LogP contribution in [0.1, 0.15) is 20.8 Å². The third kappa shape index (κ3) is 4.23. The van der Waals surface area contributed by atoms with Gasteiger partial charge in [0.05, 0.1) is 12.2 Å². The highest BCUT2D eigenvalue weighted by molar-refractivity contribution is 5.96. The molecule has 0 saturated heterocycles. The molecule has 2 aromatic heterocycles. The molecule has 0 aliphatic heterocycles. The molecule has 4 rings (SSSR count). The average Bonchev–Trinajstić information content (AvgIpc) is 2.73. The number of hydrogen-bond acceptors (Lipinski definition) is 6. The molecular weight excluding hydrogens is 396 g/mol. The molecule has 4 aromatic rings. The molecular formula is C25H22O6. The van der Waals surface area contributed by atoms with Gasteiger partial charge in [-0.15, -0.1) is 0 Å². The smallest absolute Gasteiger partial charge is 0.344 e. The van der Waals surface area contributed by atoms with Gasteiger partial charge in [-0.25, -0.2) is 9.59 Å². The molecule has 158 valence electrons. The van der Waals surface area contributed by atoms with Crippen LogP contribution < -0.4 is 20.7 Å². The van der Waals surface area contributed by atoms with E-state index in [0.717, 1.165) is 5.57 Å². The van der Waals surface area contributed by atoms with Crippen molar-refractivity contribution in [3.63, 3.8) is 0 Å². The Hall–Kier alpha value is -3.80. The van der Waals surface area contributed by atoms with Crippen LogP contribution in [0.25, 0.3) is 33.1 Å². The lowest BCUT2D eigenvalue weighted by Crippen LogP contribution is -2.07. The highest BCUT2D eigenvalue weighted by atomic mass is 16.5. The van der Waals surface area contributed by atoms with Crippen molar-refractivity contribution >= 4 is 21.9 Å². The van der Waals surface area contributed by atoms with Crippen LogP contribution in [-0.2, 0) is 0 Å². The van der Waals surface area contributed by atoms with E-state index in [-0.39, 0.29) is 5.56 Å². The van der Waals surface area contributed by atoms with E-state index in [1.807, 2.05) is 39.0 Å². The summed E-state index contributed by atoms with van der Waals surface area (Å²) in [5.41, 5.74) is 1.45. The summed E-state index contributed by atoms with van der Waals surface area (Å²) in [5.74, 6) is 1.07. The summed E-state index contributed by atoms with van der Waals surface area (Å²) in [7, 11) is 0. The summed E-state index contributed by atoms with van der Waals surface area (Å²) < 4.78 is 22.2. The van der Waals surface area contributed by atoms with Crippen molar-refractivity contribution in [3.8, 4) is 22.6 Å². The van der Waals surface area contributed by atoms with Crippen LogP contribution in [0.2, 0.25) is 0 Å². The highest BCUT2D eigenvalue weighted by Gasteiger charge is 2.16. The quantitative estimate of drug-likeness (QED) is 0.312. The van der Waals surface area contributed by atoms with Gasteiger partial charge in [0.1, 0.15) is 17.9 Å². The molecule has 0 radical (unpaired) electrons. The summed E-state index contributed by atoms with van der Waals surface area (Å²) in [6.45, 7) is 6.70. The van der Waals surface area contributed by atoms with E-state index < -0.39 is 11.3 Å². The van der Waals surface area contributed by atoms with Gasteiger partial charge in [0.15, 0.2) is 11.3 Å². The van der Waals surface area contributed by atoms with Crippen molar-refractivity contribution < 1.29 is 18.3 Å². The van der Waals surface area contributed by atoms with Crippen molar-refractivity contribution in [2.24, 2.45) is 0 Å². The van der Waals surface area contributed by atoms with E-state index in [0.29, 0.717) is 52.2 Å². The fourth-order valence-electron chi connectivity index (χ4n) is 3.33. The van der Waals surface area contributed by atoms with Gasteiger partial charge in [0.2, 0.25) is 0 Å². The van der Waals surface area contributed by atoms with Crippen LogP contribution in [-0.4, -0.2) is 13.2 Å². The Morgan fingerprint density at radius 3 is 2.58 bits per heavy atom. The Morgan fingerprint density at radius 2 is 1.81 bits per heavy atom. The van der Waals surface area contributed by atoms with Gasteiger partial charge in [0.25, 0.3) is 0 Å². The van der Waals surface area contributed by atoms with Crippen LogP contribution in [0, 0.1) is 0 Å². The molecule has 6 nitrogen and oxygen atoms in total. The van der Waals surface area contributed by atoms with Crippen LogP contribution >= 0.6 is 0 Å². The molecule has 31 heavy (non-hydrogen) atoms. The zero-order valence-electron chi connectivity index (χ0n) is 17.6. The van der Waals surface area contributed by atoms with Crippen molar-refractivity contribution in [3.05, 3.63) is 81.0 Å². The highest BCUT2D eigenvalue weighted by Crippen LogP contribution is 2.31. The number of hydrogen-bond donors (Lipinski definition) is 0. The number of ether oxygens (including phenoxy) is 2. The predicted molar refractivity (Wildman–Crippen MR) is 120 cm³/mol. The zero-order valence-corrected chi connectivity index (χ0v) is 17.6. The summed E-state index contributed by atoms with van der Waals surface area (Å²) in [6.07, 6.45) is 1.95. The van der Waals surface area contributed by atoms with Gasteiger partial charge in [-0.3, -0.25) is 0 Å². The number of rotatable bonds is 6. The molecule has 0 N–H and O–H groups in total. The average molecular weight is 418 g/mol. The largest absolute Gasteiger partial charge is 0.490 e. The molecule has 0 aliphatic carbocycles. The first-order valence-corrected chi connectivity index (χ1v) is 10.0. The van der Waals surface area contributed by atoms with Crippen molar-refractivity contribution in [2.75, 3.05) is 13.2 Å². The molecule has 0 spiro atoms. The van der Waals surface area contributed by atoms with Gasteiger partial charge in [0, 0.05) is 28.5 Å². The summed E-state index contributed by atoms with van der Waals surface area (Å²) in [5, 5.41) is 1.31. The molecule has 2 aromatic carbocycles. The number of benzene rings is 2. The zero-order chi connectivity index (χ0) is 22.0. The number of para-hydroxylation sites is 1. The molecule has 0 unspecified atom stereocenters. The summed E-state index contributed by atoms with van der Waals surface area (Å²) >= 11 is 0. The fraction of sp³-hybridized carbons (Fsp3) is 0.200. The van der Waals surface area contributed by atoms with Crippen molar-refractivity contribution in [1.82, 2.24) is 0 Å². The fourth-order valence-corrected chi connectivity index (χ4v) is 3.33. The molecule has 0 saturated carbocycles. The normalized spacial score (nSPS) is 10.9. The third-order valence-electron chi connectivity index (χ3n) is 4.77. The Kier molecular flexibility index (Phi) is 5.62. The van der Waals surface area contributed by atoms with Crippen LogP contribution in [0.15, 0.2) is 78.6 Å². The Morgan fingerprint density at radius 1 is 0.968 bits per heavy atom. The first kappa shape index (κ1) is 20.5. The second-order valence-corrected chi connectivity index (χ2v) is 7.28. The molecule has 2 heterocycles. The molecule has 0 atom stereocenters. The van der Waals surface area contributed by atoms with E-state index in [9.17, 15) is 9.59 Å². The van der Waals surface area contributed by atoms with Crippen LogP contribution in [0.4, 0.5) is 0 Å². The van der Waals surface area contributed by atoms with E-state index in [1.54, 1.807) is 30.3 Å². The topological polar surface area (TPSA) is 78.9 Å². The van der Waals surface area contributed by atoms with Gasteiger partial charge in [-0.05, 0) is 51.1 Å². The first-order valence-electron chi connectivity index (χ1n) is 10.0. The summed E-state index contributed by atoms with van der Waals surface area (Å²) in [4.78, 5) is 25.1. The molecule has 0 amide bonds. The third-order valence-corrected chi connectivity index (χ3v) is 4.77. The van der Waals surface area contributed by atoms with E-state index in [1.165, 1.54) is 6.07 Å². The Bertz CT molecular complexity index is 1400. The number of fused-ring (bicyclic) bond motifs is 2. The molecule has 0 aliphatic rings.